The standard InChI is InChI=1S/C16H19N3O2/c20-15(12-16(21)8-1-2-9-16)18-13-4-6-14(7-5-13)19-11-3-10-17-19/h3-7,10-11,21H,1-2,8-9,12H2,(H,18,20). The first-order valence-corrected chi connectivity index (χ1v) is 7.27. The lowest BCUT2D eigenvalue weighted by atomic mass is 9.97. The van der Waals surface area contributed by atoms with Crippen LogP contribution in [-0.4, -0.2) is 26.4 Å². The Morgan fingerprint density at radius 2 is 2.00 bits per heavy atom. The normalized spacial score (nSPS) is 16.8. The van der Waals surface area contributed by atoms with E-state index in [-0.39, 0.29) is 12.3 Å². The van der Waals surface area contributed by atoms with Crippen molar-refractivity contribution in [3.05, 3.63) is 42.7 Å². The molecule has 1 aliphatic rings. The third-order valence-electron chi connectivity index (χ3n) is 3.94. The number of amides is 1. The number of rotatable bonds is 4. The van der Waals surface area contributed by atoms with Crippen molar-refractivity contribution in [1.82, 2.24) is 9.78 Å². The molecule has 3 rings (SSSR count). The molecule has 1 aromatic heterocycles. The van der Waals surface area contributed by atoms with Crippen LogP contribution in [0.5, 0.6) is 0 Å². The van der Waals surface area contributed by atoms with Gasteiger partial charge in [0.15, 0.2) is 0 Å². The molecule has 0 atom stereocenters. The van der Waals surface area contributed by atoms with Gasteiger partial charge in [-0.05, 0) is 43.2 Å². The molecule has 0 radical (unpaired) electrons. The molecule has 2 N–H and O–H groups in total. The molecule has 110 valence electrons. The summed E-state index contributed by atoms with van der Waals surface area (Å²) < 4.78 is 1.76. The van der Waals surface area contributed by atoms with Gasteiger partial charge in [0.05, 0.1) is 17.7 Å². The fourth-order valence-electron chi connectivity index (χ4n) is 2.83. The largest absolute Gasteiger partial charge is 0.389 e. The van der Waals surface area contributed by atoms with Gasteiger partial charge < -0.3 is 10.4 Å². The molecule has 1 aliphatic carbocycles. The number of nitrogens with one attached hydrogen (secondary N) is 1. The number of anilines is 1. The second-order valence-electron chi connectivity index (χ2n) is 5.65. The summed E-state index contributed by atoms with van der Waals surface area (Å²) in [6, 6.07) is 9.33. The zero-order chi connectivity index (χ0) is 14.7. The summed E-state index contributed by atoms with van der Waals surface area (Å²) in [5.74, 6) is -0.133. The maximum Gasteiger partial charge on any atom is 0.227 e. The van der Waals surface area contributed by atoms with Crippen molar-refractivity contribution in [3.63, 3.8) is 0 Å². The highest BCUT2D eigenvalue weighted by atomic mass is 16.3. The van der Waals surface area contributed by atoms with Crippen molar-refractivity contribution in [3.8, 4) is 5.69 Å². The zero-order valence-corrected chi connectivity index (χ0v) is 11.8. The molecule has 1 fully saturated rings. The maximum absolute atomic E-state index is 12.0. The van der Waals surface area contributed by atoms with E-state index in [4.69, 9.17) is 0 Å². The number of hydrogen-bond donors (Lipinski definition) is 2. The van der Waals surface area contributed by atoms with Crippen LogP contribution in [-0.2, 0) is 4.79 Å². The minimum Gasteiger partial charge on any atom is -0.389 e. The Balaban J connectivity index is 1.61. The minimum absolute atomic E-state index is 0.133. The number of carbonyl (C=O) groups is 1. The van der Waals surface area contributed by atoms with Crippen LogP contribution in [0.2, 0.25) is 0 Å². The molecule has 0 aliphatic heterocycles. The Kier molecular flexibility index (Phi) is 3.75. The van der Waals surface area contributed by atoms with E-state index in [1.165, 1.54) is 0 Å². The Hall–Kier alpha value is -2.14. The highest BCUT2D eigenvalue weighted by molar-refractivity contribution is 5.91. The Morgan fingerprint density at radius 3 is 2.62 bits per heavy atom. The van der Waals surface area contributed by atoms with Crippen LogP contribution >= 0.6 is 0 Å². The van der Waals surface area contributed by atoms with E-state index in [1.54, 1.807) is 10.9 Å². The van der Waals surface area contributed by atoms with Crippen molar-refractivity contribution < 1.29 is 9.90 Å². The third kappa shape index (κ3) is 3.31. The lowest BCUT2D eigenvalue weighted by molar-refractivity contribution is -0.120. The van der Waals surface area contributed by atoms with E-state index in [1.807, 2.05) is 36.5 Å². The molecular weight excluding hydrogens is 266 g/mol. The van der Waals surface area contributed by atoms with Crippen molar-refractivity contribution in [2.45, 2.75) is 37.7 Å². The van der Waals surface area contributed by atoms with Crippen LogP contribution in [0.4, 0.5) is 5.69 Å². The molecule has 1 heterocycles. The highest BCUT2D eigenvalue weighted by Crippen LogP contribution is 2.32. The number of carbonyl (C=O) groups excluding carboxylic acids is 1. The van der Waals surface area contributed by atoms with Crippen LogP contribution in [0.1, 0.15) is 32.1 Å². The van der Waals surface area contributed by atoms with E-state index >= 15 is 0 Å². The molecule has 1 aromatic carbocycles. The quantitative estimate of drug-likeness (QED) is 0.907. The SMILES string of the molecule is O=C(CC1(O)CCCC1)Nc1ccc(-n2cccn2)cc1. The summed E-state index contributed by atoms with van der Waals surface area (Å²) >= 11 is 0. The number of nitrogens with zero attached hydrogens (tertiary/aromatic N) is 2. The van der Waals surface area contributed by atoms with Crippen molar-refractivity contribution in [1.29, 1.82) is 0 Å². The van der Waals surface area contributed by atoms with Crippen molar-refractivity contribution >= 4 is 11.6 Å². The molecule has 0 spiro atoms. The molecule has 0 bridgehead atoms. The molecule has 2 aromatic rings. The van der Waals surface area contributed by atoms with Crippen LogP contribution in [0.3, 0.4) is 0 Å². The average molecular weight is 285 g/mol. The van der Waals surface area contributed by atoms with Crippen molar-refractivity contribution in [2.24, 2.45) is 0 Å². The van der Waals surface area contributed by atoms with E-state index in [0.717, 1.165) is 37.1 Å². The molecule has 1 amide bonds. The van der Waals surface area contributed by atoms with Gasteiger partial charge in [0, 0.05) is 18.1 Å². The van der Waals surface area contributed by atoms with Crippen LogP contribution < -0.4 is 5.32 Å². The van der Waals surface area contributed by atoms with Gasteiger partial charge in [0.2, 0.25) is 5.91 Å². The Bertz CT molecular complexity index is 599. The summed E-state index contributed by atoms with van der Waals surface area (Å²) in [6.45, 7) is 0. The summed E-state index contributed by atoms with van der Waals surface area (Å²) in [4.78, 5) is 12.0. The fraction of sp³-hybridized carbons (Fsp3) is 0.375. The number of aromatic nitrogens is 2. The Morgan fingerprint density at radius 1 is 1.29 bits per heavy atom. The topological polar surface area (TPSA) is 67.2 Å². The smallest absolute Gasteiger partial charge is 0.227 e. The van der Waals surface area contributed by atoms with Crippen LogP contribution in [0.25, 0.3) is 5.69 Å². The minimum atomic E-state index is -0.806. The molecule has 5 nitrogen and oxygen atoms in total. The van der Waals surface area contributed by atoms with Gasteiger partial charge in [-0.3, -0.25) is 4.79 Å². The molecule has 0 unspecified atom stereocenters. The average Bonchev–Trinajstić information content (AvgIpc) is 3.11. The Labute approximate surface area is 123 Å². The predicted octanol–water partition coefficient (Wildman–Crippen LogP) is 2.51. The molecule has 21 heavy (non-hydrogen) atoms. The second-order valence-corrected chi connectivity index (χ2v) is 5.65. The lowest BCUT2D eigenvalue weighted by Crippen LogP contribution is -2.30. The summed E-state index contributed by atoms with van der Waals surface area (Å²) in [5.41, 5.74) is 0.865. The third-order valence-corrected chi connectivity index (χ3v) is 3.94. The van der Waals surface area contributed by atoms with Gasteiger partial charge in [-0.25, -0.2) is 4.68 Å². The zero-order valence-electron chi connectivity index (χ0n) is 11.8. The number of hydrogen-bond acceptors (Lipinski definition) is 3. The number of aliphatic hydroxyl groups is 1. The van der Waals surface area contributed by atoms with Crippen LogP contribution in [0.15, 0.2) is 42.7 Å². The summed E-state index contributed by atoms with van der Waals surface area (Å²) in [7, 11) is 0. The van der Waals surface area contributed by atoms with Gasteiger partial charge in [0.1, 0.15) is 0 Å². The van der Waals surface area contributed by atoms with E-state index in [9.17, 15) is 9.90 Å². The molecule has 5 heteroatoms. The van der Waals surface area contributed by atoms with E-state index in [2.05, 4.69) is 10.4 Å². The highest BCUT2D eigenvalue weighted by Gasteiger charge is 2.33. The lowest BCUT2D eigenvalue weighted by Gasteiger charge is -2.21. The summed E-state index contributed by atoms with van der Waals surface area (Å²) in [6.07, 6.45) is 7.21. The monoisotopic (exact) mass is 285 g/mol. The first kappa shape index (κ1) is 13.8. The molecular formula is C16H19N3O2. The second kappa shape index (κ2) is 5.69. The van der Waals surface area contributed by atoms with Crippen molar-refractivity contribution in [2.75, 3.05) is 5.32 Å². The predicted molar refractivity (Wildman–Crippen MR) is 80.2 cm³/mol. The first-order valence-electron chi connectivity index (χ1n) is 7.27. The van der Waals surface area contributed by atoms with Gasteiger partial charge >= 0.3 is 0 Å². The van der Waals surface area contributed by atoms with Gasteiger partial charge in [0.25, 0.3) is 0 Å². The van der Waals surface area contributed by atoms with Gasteiger partial charge in [-0.2, -0.15) is 5.10 Å². The summed E-state index contributed by atoms with van der Waals surface area (Å²) in [5, 5.41) is 17.2. The van der Waals surface area contributed by atoms with E-state index < -0.39 is 5.60 Å². The number of benzene rings is 1. The maximum atomic E-state index is 12.0. The molecule has 1 saturated carbocycles. The fourth-order valence-corrected chi connectivity index (χ4v) is 2.83. The first-order chi connectivity index (χ1) is 10.1. The van der Waals surface area contributed by atoms with E-state index in [0.29, 0.717) is 0 Å². The van der Waals surface area contributed by atoms with Crippen LogP contribution in [0, 0.1) is 0 Å². The molecule has 0 saturated heterocycles. The van der Waals surface area contributed by atoms with Gasteiger partial charge in [-0.15, -0.1) is 0 Å². The van der Waals surface area contributed by atoms with Gasteiger partial charge in [-0.1, -0.05) is 12.8 Å².